The van der Waals surface area contributed by atoms with Crippen molar-refractivity contribution in [3.63, 3.8) is 0 Å². The topological polar surface area (TPSA) is 6.48 Å². The fourth-order valence-electron chi connectivity index (χ4n) is 4.39. The number of hydrogen-bond donors (Lipinski definition) is 0. The molecule has 1 saturated heterocycles. The van der Waals surface area contributed by atoms with Crippen molar-refractivity contribution < 1.29 is 0 Å². The van der Waals surface area contributed by atoms with Crippen molar-refractivity contribution in [3.05, 3.63) is 29.8 Å². The van der Waals surface area contributed by atoms with Gasteiger partial charge in [-0.25, -0.2) is 0 Å². The number of nitrogens with zero attached hydrogens (tertiary/aromatic N) is 2. The van der Waals surface area contributed by atoms with Crippen LogP contribution < -0.4 is 4.90 Å². The van der Waals surface area contributed by atoms with E-state index < -0.39 is 0 Å². The maximum Gasteiger partial charge on any atom is 0.0367 e. The van der Waals surface area contributed by atoms with Gasteiger partial charge >= 0.3 is 0 Å². The lowest BCUT2D eigenvalue weighted by Crippen LogP contribution is -2.50. The van der Waals surface area contributed by atoms with Gasteiger partial charge in [0, 0.05) is 37.9 Å². The number of anilines is 1. The lowest BCUT2D eigenvalue weighted by atomic mass is 9.76. The smallest absolute Gasteiger partial charge is 0.0367 e. The van der Waals surface area contributed by atoms with Crippen molar-refractivity contribution >= 4 is 5.69 Å². The first-order valence-electron chi connectivity index (χ1n) is 9.55. The lowest BCUT2D eigenvalue weighted by Gasteiger charge is -2.40. The summed E-state index contributed by atoms with van der Waals surface area (Å²) in [5.41, 5.74) is 3.27. The van der Waals surface area contributed by atoms with Gasteiger partial charge in [0.05, 0.1) is 0 Å². The second kappa shape index (κ2) is 6.84. The SMILES string of the molecule is CCC(C)(C)C1CCC(N2CCN(c3ccc(C)cc3)CC2)C1. The van der Waals surface area contributed by atoms with Gasteiger partial charge in [0.2, 0.25) is 0 Å². The number of benzene rings is 1. The van der Waals surface area contributed by atoms with E-state index in [1.165, 1.54) is 63.1 Å². The van der Waals surface area contributed by atoms with E-state index in [4.69, 9.17) is 0 Å². The van der Waals surface area contributed by atoms with Gasteiger partial charge in [-0.3, -0.25) is 4.90 Å². The highest BCUT2D eigenvalue weighted by atomic mass is 15.3. The Morgan fingerprint density at radius 1 is 1.00 bits per heavy atom. The molecule has 2 unspecified atom stereocenters. The molecule has 0 radical (unpaired) electrons. The van der Waals surface area contributed by atoms with Crippen LogP contribution in [0.3, 0.4) is 0 Å². The van der Waals surface area contributed by atoms with E-state index in [0.717, 1.165) is 12.0 Å². The zero-order valence-electron chi connectivity index (χ0n) is 15.5. The summed E-state index contributed by atoms with van der Waals surface area (Å²) in [6, 6.07) is 9.86. The summed E-state index contributed by atoms with van der Waals surface area (Å²) in [6.45, 7) is 14.3. The summed E-state index contributed by atoms with van der Waals surface area (Å²) in [6.07, 6.45) is 5.58. The Kier molecular flexibility index (Phi) is 5.01. The van der Waals surface area contributed by atoms with E-state index in [9.17, 15) is 0 Å². The van der Waals surface area contributed by atoms with E-state index >= 15 is 0 Å². The summed E-state index contributed by atoms with van der Waals surface area (Å²) in [7, 11) is 0. The summed E-state index contributed by atoms with van der Waals surface area (Å²) in [5.74, 6) is 0.924. The molecule has 1 aliphatic carbocycles. The largest absolute Gasteiger partial charge is 0.369 e. The molecule has 2 atom stereocenters. The first-order valence-corrected chi connectivity index (χ1v) is 9.55. The van der Waals surface area contributed by atoms with E-state index in [1.54, 1.807) is 0 Å². The van der Waals surface area contributed by atoms with Crippen molar-refractivity contribution in [3.8, 4) is 0 Å². The zero-order valence-corrected chi connectivity index (χ0v) is 15.5. The van der Waals surface area contributed by atoms with Crippen molar-refractivity contribution in [1.29, 1.82) is 0 Å². The average Bonchev–Trinajstić information content (AvgIpc) is 3.07. The zero-order chi connectivity index (χ0) is 16.4. The molecule has 1 heterocycles. The third-order valence-electron chi connectivity index (χ3n) is 6.65. The van der Waals surface area contributed by atoms with Crippen LogP contribution >= 0.6 is 0 Å². The quantitative estimate of drug-likeness (QED) is 0.793. The minimum atomic E-state index is 0.526. The fraction of sp³-hybridized carbons (Fsp3) is 0.714. The number of hydrogen-bond acceptors (Lipinski definition) is 2. The first kappa shape index (κ1) is 16.8. The molecule has 1 aromatic rings. The molecule has 0 spiro atoms. The number of piperazine rings is 1. The van der Waals surface area contributed by atoms with Crippen molar-refractivity contribution in [1.82, 2.24) is 4.90 Å². The van der Waals surface area contributed by atoms with Gasteiger partial charge in [0.1, 0.15) is 0 Å². The number of rotatable bonds is 4. The predicted molar refractivity (Wildman–Crippen MR) is 100 cm³/mol. The van der Waals surface area contributed by atoms with Gasteiger partial charge in [-0.1, -0.05) is 44.9 Å². The molecule has 2 fully saturated rings. The van der Waals surface area contributed by atoms with Gasteiger partial charge < -0.3 is 4.90 Å². The molecule has 2 aliphatic rings. The van der Waals surface area contributed by atoms with Crippen LogP contribution in [0.5, 0.6) is 0 Å². The van der Waals surface area contributed by atoms with Crippen molar-refractivity contribution in [2.45, 2.75) is 59.4 Å². The first-order chi connectivity index (χ1) is 11.0. The molecule has 128 valence electrons. The van der Waals surface area contributed by atoms with Crippen LogP contribution in [0.15, 0.2) is 24.3 Å². The van der Waals surface area contributed by atoms with E-state index in [0.29, 0.717) is 5.41 Å². The minimum Gasteiger partial charge on any atom is -0.369 e. The molecule has 2 heteroatoms. The predicted octanol–water partition coefficient (Wildman–Crippen LogP) is 4.72. The molecule has 0 aromatic heterocycles. The average molecular weight is 315 g/mol. The molecule has 0 bridgehead atoms. The van der Waals surface area contributed by atoms with E-state index in [2.05, 4.69) is 61.8 Å². The fourth-order valence-corrected chi connectivity index (χ4v) is 4.39. The van der Waals surface area contributed by atoms with Crippen LogP contribution in [0.4, 0.5) is 5.69 Å². The molecular formula is C21H34N2. The van der Waals surface area contributed by atoms with Crippen molar-refractivity contribution in [2.75, 3.05) is 31.1 Å². The second-order valence-electron chi connectivity index (χ2n) is 8.36. The standard InChI is InChI=1S/C21H34N2/c1-5-21(3,4)18-8-11-20(16-18)23-14-12-22(13-15-23)19-9-6-17(2)7-10-19/h6-7,9-10,18,20H,5,8,11-16H2,1-4H3. The molecule has 2 nitrogen and oxygen atoms in total. The summed E-state index contributed by atoms with van der Waals surface area (Å²) >= 11 is 0. The monoisotopic (exact) mass is 314 g/mol. The van der Waals surface area contributed by atoms with Crippen LogP contribution in [-0.2, 0) is 0 Å². The van der Waals surface area contributed by atoms with Gasteiger partial charge in [-0.15, -0.1) is 0 Å². The van der Waals surface area contributed by atoms with Gasteiger partial charge in [-0.05, 0) is 49.7 Å². The molecule has 23 heavy (non-hydrogen) atoms. The third-order valence-corrected chi connectivity index (χ3v) is 6.65. The Labute approximate surface area is 142 Å². The van der Waals surface area contributed by atoms with Crippen LogP contribution in [0.25, 0.3) is 0 Å². The summed E-state index contributed by atoms with van der Waals surface area (Å²) in [4.78, 5) is 5.33. The van der Waals surface area contributed by atoms with Gasteiger partial charge in [0.15, 0.2) is 0 Å². The lowest BCUT2D eigenvalue weighted by molar-refractivity contribution is 0.158. The highest BCUT2D eigenvalue weighted by Gasteiger charge is 2.37. The normalized spacial score (nSPS) is 26.7. The van der Waals surface area contributed by atoms with Crippen LogP contribution in [0.2, 0.25) is 0 Å². The summed E-state index contributed by atoms with van der Waals surface area (Å²) in [5, 5.41) is 0. The van der Waals surface area contributed by atoms with Crippen molar-refractivity contribution in [2.24, 2.45) is 11.3 Å². The molecule has 1 aliphatic heterocycles. The highest BCUT2D eigenvalue weighted by Crippen LogP contribution is 2.43. The van der Waals surface area contributed by atoms with Gasteiger partial charge in [-0.2, -0.15) is 0 Å². The van der Waals surface area contributed by atoms with Crippen LogP contribution in [-0.4, -0.2) is 37.1 Å². The molecule has 1 aromatic carbocycles. The Hall–Kier alpha value is -1.02. The van der Waals surface area contributed by atoms with E-state index in [-0.39, 0.29) is 0 Å². The Balaban J connectivity index is 1.53. The summed E-state index contributed by atoms with van der Waals surface area (Å²) < 4.78 is 0. The van der Waals surface area contributed by atoms with Gasteiger partial charge in [0.25, 0.3) is 0 Å². The second-order valence-corrected chi connectivity index (χ2v) is 8.36. The Morgan fingerprint density at radius 3 is 2.26 bits per heavy atom. The molecule has 3 rings (SSSR count). The molecule has 0 amide bonds. The maximum absolute atomic E-state index is 2.77. The minimum absolute atomic E-state index is 0.526. The third kappa shape index (κ3) is 3.74. The highest BCUT2D eigenvalue weighted by molar-refractivity contribution is 5.47. The maximum atomic E-state index is 2.77. The van der Waals surface area contributed by atoms with E-state index in [1.807, 2.05) is 0 Å². The molecule has 1 saturated carbocycles. The molecular weight excluding hydrogens is 280 g/mol. The Bertz CT molecular complexity index is 497. The Morgan fingerprint density at radius 2 is 1.65 bits per heavy atom. The molecule has 0 N–H and O–H groups in total. The number of aryl methyl sites for hydroxylation is 1. The van der Waals surface area contributed by atoms with Crippen LogP contribution in [0, 0.1) is 18.3 Å². The van der Waals surface area contributed by atoms with Crippen LogP contribution in [0.1, 0.15) is 52.0 Å².